The summed E-state index contributed by atoms with van der Waals surface area (Å²) < 4.78 is 0.732. The molecule has 7 nitrogen and oxygen atoms in total. The predicted octanol–water partition coefficient (Wildman–Crippen LogP) is 4.39. The third-order valence-corrected chi connectivity index (χ3v) is 6.66. The lowest BCUT2D eigenvalue weighted by Gasteiger charge is -2.06. The van der Waals surface area contributed by atoms with Crippen LogP contribution in [0.1, 0.15) is 18.2 Å². The summed E-state index contributed by atoms with van der Waals surface area (Å²) in [6, 6.07) is 14.4. The zero-order chi connectivity index (χ0) is 23.6. The molecule has 0 atom stereocenters. The average molecular weight is 503 g/mol. The number of anilines is 2. The molecule has 3 amide bonds. The highest BCUT2D eigenvalue weighted by Gasteiger charge is 2.10. The van der Waals surface area contributed by atoms with Crippen molar-refractivity contribution in [1.29, 1.82) is 0 Å². The number of aromatic nitrogens is 1. The molecule has 0 bridgehead atoms. The normalized spacial score (nSPS) is 10.5. The molecule has 0 saturated heterocycles. The predicted molar refractivity (Wildman–Crippen MR) is 134 cm³/mol. The molecule has 3 rings (SSSR count). The quantitative estimate of drug-likeness (QED) is 0.357. The van der Waals surface area contributed by atoms with Gasteiger partial charge in [-0.05, 0) is 48.4 Å². The SMILES string of the molecule is CC(=O)Nc1ccc(NC(=O)CSc2nc(CC(=O)NCCc3ccc(Cl)cc3)cs2)cc1. The molecule has 0 radical (unpaired) electrons. The van der Waals surface area contributed by atoms with E-state index in [0.29, 0.717) is 28.6 Å². The smallest absolute Gasteiger partial charge is 0.234 e. The highest BCUT2D eigenvalue weighted by molar-refractivity contribution is 8.01. The van der Waals surface area contributed by atoms with Crippen LogP contribution in [0.25, 0.3) is 0 Å². The van der Waals surface area contributed by atoms with Gasteiger partial charge in [0.25, 0.3) is 0 Å². The molecule has 0 unspecified atom stereocenters. The Morgan fingerprint density at radius 3 is 2.30 bits per heavy atom. The highest BCUT2D eigenvalue weighted by Crippen LogP contribution is 2.23. The Bertz CT molecular complexity index is 1100. The topological polar surface area (TPSA) is 100 Å². The Labute approximate surface area is 205 Å². The second kappa shape index (κ2) is 12.4. The molecule has 1 aromatic heterocycles. The fourth-order valence-corrected chi connectivity index (χ4v) is 4.60. The van der Waals surface area contributed by atoms with Gasteiger partial charge in [-0.1, -0.05) is 35.5 Å². The van der Waals surface area contributed by atoms with Crippen molar-refractivity contribution in [3.63, 3.8) is 0 Å². The minimum Gasteiger partial charge on any atom is -0.355 e. The fourth-order valence-electron chi connectivity index (χ4n) is 2.82. The maximum absolute atomic E-state index is 12.2. The number of thioether (sulfide) groups is 1. The molecule has 0 spiro atoms. The maximum atomic E-state index is 12.2. The summed E-state index contributed by atoms with van der Waals surface area (Å²) in [6.07, 6.45) is 0.927. The van der Waals surface area contributed by atoms with Crippen molar-refractivity contribution in [2.75, 3.05) is 22.9 Å². The van der Waals surface area contributed by atoms with Crippen LogP contribution in [0, 0.1) is 0 Å². The minimum atomic E-state index is -0.163. The number of halogens is 1. The standard InChI is InChI=1S/C23H23ClN4O3S2/c1-15(29)26-18-6-8-19(9-7-18)27-22(31)14-33-23-28-20(13-32-23)12-21(30)25-11-10-16-2-4-17(24)5-3-16/h2-9,13H,10-12,14H2,1H3,(H,25,30)(H,26,29)(H,27,31). The summed E-state index contributed by atoms with van der Waals surface area (Å²) in [5.41, 5.74) is 3.10. The number of hydrogen-bond acceptors (Lipinski definition) is 6. The van der Waals surface area contributed by atoms with Crippen LogP contribution in [0.5, 0.6) is 0 Å². The summed E-state index contributed by atoms with van der Waals surface area (Å²) in [4.78, 5) is 39.8. The van der Waals surface area contributed by atoms with E-state index >= 15 is 0 Å². The molecule has 3 N–H and O–H groups in total. The average Bonchev–Trinajstić information content (AvgIpc) is 3.22. The van der Waals surface area contributed by atoms with Gasteiger partial charge in [-0.25, -0.2) is 4.98 Å². The number of carbonyl (C=O) groups is 3. The van der Waals surface area contributed by atoms with Gasteiger partial charge >= 0.3 is 0 Å². The van der Waals surface area contributed by atoms with Gasteiger partial charge in [0.2, 0.25) is 17.7 Å². The molecule has 0 aliphatic carbocycles. The lowest BCUT2D eigenvalue weighted by Crippen LogP contribution is -2.27. The Hall–Kier alpha value is -2.88. The zero-order valence-electron chi connectivity index (χ0n) is 17.9. The molecule has 2 aromatic carbocycles. The van der Waals surface area contributed by atoms with Crippen molar-refractivity contribution >= 4 is 63.8 Å². The van der Waals surface area contributed by atoms with Crippen molar-refractivity contribution in [3.8, 4) is 0 Å². The van der Waals surface area contributed by atoms with Crippen LogP contribution < -0.4 is 16.0 Å². The molecule has 1 heterocycles. The number of benzene rings is 2. The lowest BCUT2D eigenvalue weighted by atomic mass is 10.1. The molecule has 33 heavy (non-hydrogen) atoms. The van der Waals surface area contributed by atoms with E-state index in [4.69, 9.17) is 11.6 Å². The van der Waals surface area contributed by atoms with Crippen molar-refractivity contribution in [3.05, 3.63) is 70.2 Å². The lowest BCUT2D eigenvalue weighted by molar-refractivity contribution is -0.120. The van der Waals surface area contributed by atoms with Gasteiger partial charge in [0.15, 0.2) is 4.34 Å². The number of rotatable bonds is 10. The summed E-state index contributed by atoms with van der Waals surface area (Å²) in [6.45, 7) is 1.98. The minimum absolute atomic E-state index is 0.0914. The monoisotopic (exact) mass is 502 g/mol. The van der Waals surface area contributed by atoms with Gasteiger partial charge < -0.3 is 16.0 Å². The fraction of sp³-hybridized carbons (Fsp3) is 0.217. The Balaban J connectivity index is 1.37. The van der Waals surface area contributed by atoms with Crippen LogP contribution in [0.4, 0.5) is 11.4 Å². The first-order valence-electron chi connectivity index (χ1n) is 10.1. The summed E-state index contributed by atoms with van der Waals surface area (Å²) in [5, 5.41) is 10.9. The zero-order valence-corrected chi connectivity index (χ0v) is 20.3. The number of thiazole rings is 1. The second-order valence-electron chi connectivity index (χ2n) is 7.10. The molecule has 0 aliphatic heterocycles. The van der Waals surface area contributed by atoms with Crippen LogP contribution in [0.15, 0.2) is 58.3 Å². The highest BCUT2D eigenvalue weighted by atomic mass is 35.5. The number of carbonyl (C=O) groups excluding carboxylic acids is 3. The van der Waals surface area contributed by atoms with Crippen LogP contribution in [0.2, 0.25) is 5.02 Å². The van der Waals surface area contributed by atoms with E-state index in [1.165, 1.54) is 30.0 Å². The number of nitrogens with zero attached hydrogens (tertiary/aromatic N) is 1. The summed E-state index contributed by atoms with van der Waals surface area (Å²) >= 11 is 8.60. The van der Waals surface area contributed by atoms with E-state index in [1.807, 2.05) is 29.6 Å². The van der Waals surface area contributed by atoms with Gasteiger partial charge in [0.05, 0.1) is 17.9 Å². The first-order chi connectivity index (χ1) is 15.9. The summed E-state index contributed by atoms with van der Waals surface area (Å²) in [7, 11) is 0. The molecule has 3 aromatic rings. The number of amides is 3. The van der Waals surface area contributed by atoms with E-state index in [0.717, 1.165) is 16.3 Å². The summed E-state index contributed by atoms with van der Waals surface area (Å²) in [5.74, 6) is -0.204. The van der Waals surface area contributed by atoms with E-state index in [9.17, 15) is 14.4 Å². The van der Waals surface area contributed by atoms with Crippen LogP contribution in [-0.2, 0) is 27.2 Å². The first kappa shape index (κ1) is 24.8. The molecule has 0 saturated carbocycles. The van der Waals surface area contributed by atoms with E-state index in [1.54, 1.807) is 24.3 Å². The molecule has 172 valence electrons. The Morgan fingerprint density at radius 2 is 1.64 bits per heavy atom. The van der Waals surface area contributed by atoms with Crippen LogP contribution in [0.3, 0.4) is 0 Å². The van der Waals surface area contributed by atoms with Gasteiger partial charge in [-0.15, -0.1) is 11.3 Å². The Morgan fingerprint density at radius 1 is 0.970 bits per heavy atom. The van der Waals surface area contributed by atoms with Crippen LogP contribution in [-0.4, -0.2) is 35.0 Å². The van der Waals surface area contributed by atoms with Crippen molar-refractivity contribution < 1.29 is 14.4 Å². The van der Waals surface area contributed by atoms with Gasteiger partial charge in [0.1, 0.15) is 0 Å². The van der Waals surface area contributed by atoms with Gasteiger partial charge in [0, 0.05) is 35.2 Å². The van der Waals surface area contributed by atoms with Gasteiger partial charge in [-0.2, -0.15) is 0 Å². The largest absolute Gasteiger partial charge is 0.355 e. The van der Waals surface area contributed by atoms with E-state index in [-0.39, 0.29) is 29.9 Å². The van der Waals surface area contributed by atoms with E-state index < -0.39 is 0 Å². The van der Waals surface area contributed by atoms with Gasteiger partial charge in [-0.3, -0.25) is 14.4 Å². The van der Waals surface area contributed by atoms with Crippen molar-refractivity contribution in [1.82, 2.24) is 10.3 Å². The first-order valence-corrected chi connectivity index (χ1v) is 12.4. The third-order valence-electron chi connectivity index (χ3n) is 4.34. The molecular weight excluding hydrogens is 480 g/mol. The molecule has 10 heteroatoms. The van der Waals surface area contributed by atoms with Crippen LogP contribution >= 0.6 is 34.7 Å². The molecule has 0 fully saturated rings. The number of hydrogen-bond donors (Lipinski definition) is 3. The van der Waals surface area contributed by atoms with Crippen molar-refractivity contribution in [2.24, 2.45) is 0 Å². The van der Waals surface area contributed by atoms with Crippen molar-refractivity contribution in [2.45, 2.75) is 24.1 Å². The third kappa shape index (κ3) is 8.88. The number of nitrogens with one attached hydrogen (secondary N) is 3. The molecule has 0 aliphatic rings. The molecular formula is C23H23ClN4O3S2. The maximum Gasteiger partial charge on any atom is 0.234 e. The Kier molecular flexibility index (Phi) is 9.29. The second-order valence-corrected chi connectivity index (χ2v) is 9.62. The van der Waals surface area contributed by atoms with E-state index in [2.05, 4.69) is 20.9 Å².